The minimum atomic E-state index is 0.860. The second-order valence-corrected chi connectivity index (χ2v) is 8.56. The standard InChI is InChI=1S/C29H24N4/c1-19-9-8-10-20(2)28(19)32-21(3)30-31-29(32)22-15-17-23(18-16-22)33-26-13-6-4-11-24(26)25-12-5-7-14-27(25)33/h4-18H,1-3H3. The molecule has 4 nitrogen and oxygen atoms in total. The zero-order valence-electron chi connectivity index (χ0n) is 18.9. The lowest BCUT2D eigenvalue weighted by Gasteiger charge is -2.15. The molecule has 2 heterocycles. The summed E-state index contributed by atoms with van der Waals surface area (Å²) in [6.45, 7) is 6.28. The summed E-state index contributed by atoms with van der Waals surface area (Å²) in [4.78, 5) is 0. The Hall–Kier alpha value is -4.18. The molecule has 6 rings (SSSR count). The zero-order chi connectivity index (χ0) is 22.5. The lowest BCUT2D eigenvalue weighted by atomic mass is 10.1. The number of aromatic nitrogens is 4. The largest absolute Gasteiger partial charge is 0.309 e. The average molecular weight is 429 g/mol. The number of rotatable bonds is 3. The average Bonchev–Trinajstić information content (AvgIpc) is 3.37. The first-order valence-electron chi connectivity index (χ1n) is 11.2. The smallest absolute Gasteiger partial charge is 0.168 e. The third kappa shape index (κ3) is 2.99. The molecule has 0 saturated heterocycles. The van der Waals surface area contributed by atoms with E-state index in [1.165, 1.54) is 32.9 Å². The van der Waals surface area contributed by atoms with Crippen molar-refractivity contribution in [3.8, 4) is 22.8 Å². The number of benzene rings is 4. The Balaban J connectivity index is 1.51. The molecule has 0 bridgehead atoms. The molecule has 0 radical (unpaired) electrons. The molecule has 0 saturated carbocycles. The second kappa shape index (κ2) is 7.45. The summed E-state index contributed by atoms with van der Waals surface area (Å²) >= 11 is 0. The third-order valence-corrected chi connectivity index (χ3v) is 6.45. The third-order valence-electron chi connectivity index (χ3n) is 6.45. The minimum absolute atomic E-state index is 0.860. The van der Waals surface area contributed by atoms with E-state index in [-0.39, 0.29) is 0 Å². The summed E-state index contributed by atoms with van der Waals surface area (Å²) in [5.41, 5.74) is 8.17. The van der Waals surface area contributed by atoms with Gasteiger partial charge in [-0.2, -0.15) is 0 Å². The van der Waals surface area contributed by atoms with Crippen LogP contribution in [0.4, 0.5) is 0 Å². The molecule has 4 heteroatoms. The van der Waals surface area contributed by atoms with Crippen LogP contribution < -0.4 is 0 Å². The number of nitrogens with zero attached hydrogens (tertiary/aromatic N) is 4. The summed E-state index contributed by atoms with van der Waals surface area (Å²) in [6, 6.07) is 32.2. The molecule has 0 spiro atoms. The fourth-order valence-electron chi connectivity index (χ4n) is 4.94. The quantitative estimate of drug-likeness (QED) is 0.305. The van der Waals surface area contributed by atoms with E-state index in [1.807, 2.05) is 6.92 Å². The number of fused-ring (bicyclic) bond motifs is 3. The predicted octanol–water partition coefficient (Wildman–Crippen LogP) is 6.96. The van der Waals surface area contributed by atoms with Crippen LogP contribution in [0.2, 0.25) is 0 Å². The molecule has 160 valence electrons. The molecule has 0 aliphatic rings. The lowest BCUT2D eigenvalue weighted by Crippen LogP contribution is -2.04. The summed E-state index contributed by atoms with van der Waals surface area (Å²) in [5, 5.41) is 11.5. The molecular formula is C29H24N4. The number of hydrogen-bond acceptors (Lipinski definition) is 2. The highest BCUT2D eigenvalue weighted by Crippen LogP contribution is 2.33. The van der Waals surface area contributed by atoms with Crippen molar-refractivity contribution >= 4 is 21.8 Å². The highest BCUT2D eigenvalue weighted by Gasteiger charge is 2.17. The van der Waals surface area contributed by atoms with E-state index in [4.69, 9.17) is 0 Å². The molecule has 2 aromatic heterocycles. The van der Waals surface area contributed by atoms with Crippen molar-refractivity contribution in [2.45, 2.75) is 20.8 Å². The molecule has 0 atom stereocenters. The van der Waals surface area contributed by atoms with Crippen LogP contribution in [0.15, 0.2) is 91.0 Å². The fraction of sp³-hybridized carbons (Fsp3) is 0.103. The van der Waals surface area contributed by atoms with E-state index in [9.17, 15) is 0 Å². The van der Waals surface area contributed by atoms with Crippen molar-refractivity contribution in [1.82, 2.24) is 19.3 Å². The van der Waals surface area contributed by atoms with Crippen LogP contribution in [-0.4, -0.2) is 19.3 Å². The molecular weight excluding hydrogens is 404 g/mol. The topological polar surface area (TPSA) is 35.6 Å². The van der Waals surface area contributed by atoms with Crippen molar-refractivity contribution in [3.63, 3.8) is 0 Å². The van der Waals surface area contributed by atoms with E-state index in [1.54, 1.807) is 0 Å². The minimum Gasteiger partial charge on any atom is -0.309 e. The summed E-state index contributed by atoms with van der Waals surface area (Å²) in [7, 11) is 0. The predicted molar refractivity (Wildman–Crippen MR) is 135 cm³/mol. The van der Waals surface area contributed by atoms with Gasteiger partial charge in [-0.1, -0.05) is 54.6 Å². The Morgan fingerprint density at radius 2 is 1.12 bits per heavy atom. The Kier molecular flexibility index (Phi) is 4.40. The number of aryl methyl sites for hydroxylation is 3. The Labute approximate surface area is 192 Å². The monoisotopic (exact) mass is 428 g/mol. The van der Waals surface area contributed by atoms with Crippen molar-refractivity contribution in [2.75, 3.05) is 0 Å². The van der Waals surface area contributed by atoms with Gasteiger partial charge in [-0.3, -0.25) is 4.57 Å². The summed E-state index contributed by atoms with van der Waals surface area (Å²) in [6.07, 6.45) is 0. The van der Waals surface area contributed by atoms with Crippen LogP contribution in [0.1, 0.15) is 17.0 Å². The van der Waals surface area contributed by atoms with E-state index in [0.29, 0.717) is 0 Å². The summed E-state index contributed by atoms with van der Waals surface area (Å²) in [5.74, 6) is 1.74. The van der Waals surface area contributed by atoms with Gasteiger partial charge in [0.1, 0.15) is 5.82 Å². The maximum Gasteiger partial charge on any atom is 0.168 e. The van der Waals surface area contributed by atoms with Gasteiger partial charge in [-0.15, -0.1) is 10.2 Å². The molecule has 0 unspecified atom stereocenters. The molecule has 0 N–H and O–H groups in total. The van der Waals surface area contributed by atoms with Gasteiger partial charge >= 0.3 is 0 Å². The van der Waals surface area contributed by atoms with Gasteiger partial charge in [0.15, 0.2) is 5.82 Å². The number of para-hydroxylation sites is 3. The van der Waals surface area contributed by atoms with Crippen LogP contribution in [0.3, 0.4) is 0 Å². The van der Waals surface area contributed by atoms with Crippen molar-refractivity contribution in [2.24, 2.45) is 0 Å². The van der Waals surface area contributed by atoms with E-state index >= 15 is 0 Å². The lowest BCUT2D eigenvalue weighted by molar-refractivity contribution is 0.954. The van der Waals surface area contributed by atoms with Crippen molar-refractivity contribution < 1.29 is 0 Å². The molecule has 0 aliphatic carbocycles. The van der Waals surface area contributed by atoms with Crippen LogP contribution in [0.25, 0.3) is 44.6 Å². The van der Waals surface area contributed by atoms with Crippen LogP contribution in [0.5, 0.6) is 0 Å². The van der Waals surface area contributed by atoms with Crippen LogP contribution in [0, 0.1) is 20.8 Å². The first-order valence-corrected chi connectivity index (χ1v) is 11.2. The van der Waals surface area contributed by atoms with Gasteiger partial charge in [0.25, 0.3) is 0 Å². The van der Waals surface area contributed by atoms with Gasteiger partial charge in [-0.05, 0) is 68.3 Å². The highest BCUT2D eigenvalue weighted by molar-refractivity contribution is 6.09. The van der Waals surface area contributed by atoms with Gasteiger partial charge in [0.05, 0.1) is 16.7 Å². The normalized spacial score (nSPS) is 11.5. The zero-order valence-corrected chi connectivity index (χ0v) is 18.9. The molecule has 0 amide bonds. The maximum absolute atomic E-state index is 4.54. The van der Waals surface area contributed by atoms with Gasteiger partial charge < -0.3 is 4.57 Å². The molecule has 4 aromatic carbocycles. The first-order chi connectivity index (χ1) is 16.1. The van der Waals surface area contributed by atoms with Crippen LogP contribution in [-0.2, 0) is 0 Å². The SMILES string of the molecule is Cc1cccc(C)c1-n1c(C)nnc1-c1ccc(-n2c3ccccc3c3ccccc32)cc1. The number of hydrogen-bond donors (Lipinski definition) is 0. The fourth-order valence-corrected chi connectivity index (χ4v) is 4.94. The van der Waals surface area contributed by atoms with E-state index < -0.39 is 0 Å². The van der Waals surface area contributed by atoms with E-state index in [0.717, 1.165) is 28.6 Å². The van der Waals surface area contributed by atoms with Gasteiger partial charge in [0.2, 0.25) is 0 Å². The summed E-state index contributed by atoms with van der Waals surface area (Å²) < 4.78 is 4.50. The van der Waals surface area contributed by atoms with Crippen molar-refractivity contribution in [1.29, 1.82) is 0 Å². The second-order valence-electron chi connectivity index (χ2n) is 8.56. The van der Waals surface area contributed by atoms with Gasteiger partial charge in [0, 0.05) is 22.0 Å². The highest BCUT2D eigenvalue weighted by atomic mass is 15.3. The molecule has 6 aromatic rings. The van der Waals surface area contributed by atoms with Crippen LogP contribution >= 0.6 is 0 Å². The van der Waals surface area contributed by atoms with E-state index in [2.05, 4.69) is 124 Å². The Morgan fingerprint density at radius 1 is 0.545 bits per heavy atom. The van der Waals surface area contributed by atoms with Gasteiger partial charge in [-0.25, -0.2) is 0 Å². The Bertz CT molecular complexity index is 1560. The molecule has 0 aliphatic heterocycles. The maximum atomic E-state index is 4.54. The molecule has 33 heavy (non-hydrogen) atoms. The van der Waals surface area contributed by atoms with Crippen molar-refractivity contribution in [3.05, 3.63) is 108 Å². The first kappa shape index (κ1) is 19.5. The molecule has 0 fully saturated rings. The Morgan fingerprint density at radius 3 is 1.73 bits per heavy atom.